The van der Waals surface area contributed by atoms with Crippen molar-refractivity contribution in [3.05, 3.63) is 11.6 Å². The third-order valence-electron chi connectivity index (χ3n) is 1.66. The van der Waals surface area contributed by atoms with Gasteiger partial charge in [-0.25, -0.2) is 9.67 Å². The highest BCUT2D eigenvalue weighted by atomic mass is 16.2. The van der Waals surface area contributed by atoms with Gasteiger partial charge in [-0.15, -0.1) is 0 Å². The molecule has 0 saturated heterocycles. The summed E-state index contributed by atoms with van der Waals surface area (Å²) in [7, 11) is 1.72. The Balaban J connectivity index is 2.87. The molecular weight excluding hydrogens is 168 g/mol. The molecule has 0 bridgehead atoms. The highest BCUT2D eigenvalue weighted by molar-refractivity contribution is 5.90. The van der Waals surface area contributed by atoms with Crippen LogP contribution in [0, 0.1) is 0 Å². The van der Waals surface area contributed by atoms with E-state index in [0.717, 1.165) is 6.42 Å². The summed E-state index contributed by atoms with van der Waals surface area (Å²) in [4.78, 5) is 15.4. The van der Waals surface area contributed by atoms with Gasteiger partial charge in [-0.05, 0) is 6.92 Å². The lowest BCUT2D eigenvalue weighted by Gasteiger charge is -1.98. The van der Waals surface area contributed by atoms with Crippen molar-refractivity contribution < 1.29 is 4.79 Å². The molecule has 0 saturated carbocycles. The molecule has 1 aromatic heterocycles. The largest absolute Gasteiger partial charge is 0.350 e. The van der Waals surface area contributed by atoms with Crippen molar-refractivity contribution in [3.8, 4) is 0 Å². The Hall–Kier alpha value is -1.39. The minimum Gasteiger partial charge on any atom is -0.350 e. The number of nitrogens with one attached hydrogen (secondary N) is 1. The molecule has 0 aromatic carbocycles. The lowest BCUT2D eigenvalue weighted by atomic mass is 10.4. The molecule has 1 aromatic rings. The van der Waals surface area contributed by atoms with Gasteiger partial charge in [-0.3, -0.25) is 4.79 Å². The summed E-state index contributed by atoms with van der Waals surface area (Å²) in [6.45, 7) is 4.43. The average Bonchev–Trinajstić information content (AvgIpc) is 2.47. The molecule has 0 unspecified atom stereocenters. The molecule has 13 heavy (non-hydrogen) atoms. The second kappa shape index (κ2) is 4.02. The Labute approximate surface area is 77.2 Å². The molecule has 0 radical (unpaired) electrons. The number of aromatic nitrogens is 3. The minimum absolute atomic E-state index is 0.169. The Kier molecular flexibility index (Phi) is 3.00. The zero-order valence-electron chi connectivity index (χ0n) is 8.16. The van der Waals surface area contributed by atoms with Crippen LogP contribution in [0.1, 0.15) is 30.3 Å². The fraction of sp³-hybridized carbons (Fsp3) is 0.625. The zero-order chi connectivity index (χ0) is 9.84. The summed E-state index contributed by atoms with van der Waals surface area (Å²) >= 11 is 0. The minimum atomic E-state index is -0.169. The van der Waals surface area contributed by atoms with E-state index in [1.165, 1.54) is 4.68 Å². The second-order valence-corrected chi connectivity index (χ2v) is 2.69. The Morgan fingerprint density at radius 1 is 1.54 bits per heavy atom. The van der Waals surface area contributed by atoms with Crippen LogP contribution >= 0.6 is 0 Å². The van der Waals surface area contributed by atoms with Crippen molar-refractivity contribution in [1.29, 1.82) is 0 Å². The summed E-state index contributed by atoms with van der Waals surface area (Å²) in [6.07, 6.45) is 0.743. The molecule has 72 valence electrons. The second-order valence-electron chi connectivity index (χ2n) is 2.69. The van der Waals surface area contributed by atoms with Gasteiger partial charge in [0.25, 0.3) is 5.91 Å². The van der Waals surface area contributed by atoms with Crippen molar-refractivity contribution >= 4 is 5.91 Å². The van der Waals surface area contributed by atoms with E-state index >= 15 is 0 Å². The molecule has 0 aliphatic heterocycles. The van der Waals surface area contributed by atoms with E-state index in [1.807, 2.05) is 13.8 Å². The van der Waals surface area contributed by atoms with Crippen molar-refractivity contribution in [2.45, 2.75) is 20.3 Å². The number of hydrogen-bond acceptors (Lipinski definition) is 3. The van der Waals surface area contributed by atoms with Crippen molar-refractivity contribution in [2.75, 3.05) is 6.54 Å². The molecule has 0 fully saturated rings. The highest BCUT2D eigenvalue weighted by Gasteiger charge is 2.12. The Bertz CT molecular complexity index is 305. The third-order valence-corrected chi connectivity index (χ3v) is 1.66. The molecule has 1 heterocycles. The summed E-state index contributed by atoms with van der Waals surface area (Å²) < 4.78 is 1.50. The van der Waals surface area contributed by atoms with E-state index in [9.17, 15) is 4.79 Å². The number of carbonyl (C=O) groups excluding carboxylic acids is 1. The first-order chi connectivity index (χ1) is 6.19. The molecule has 5 heteroatoms. The van der Waals surface area contributed by atoms with Gasteiger partial charge < -0.3 is 5.32 Å². The summed E-state index contributed by atoms with van der Waals surface area (Å²) in [6, 6.07) is 0. The van der Waals surface area contributed by atoms with Gasteiger partial charge in [-0.2, -0.15) is 5.10 Å². The normalized spacial score (nSPS) is 10.1. The molecule has 1 N–H and O–H groups in total. The lowest BCUT2D eigenvalue weighted by Crippen LogP contribution is -2.25. The molecule has 1 rings (SSSR count). The number of aryl methyl sites for hydroxylation is 2. The number of amides is 1. The Morgan fingerprint density at radius 2 is 2.23 bits per heavy atom. The zero-order valence-corrected chi connectivity index (χ0v) is 8.16. The average molecular weight is 182 g/mol. The molecule has 0 atom stereocenters. The van der Waals surface area contributed by atoms with Crippen molar-refractivity contribution in [3.63, 3.8) is 0 Å². The molecular formula is C8H14N4O. The maximum Gasteiger partial charge on any atom is 0.288 e. The van der Waals surface area contributed by atoms with Gasteiger partial charge in [0.2, 0.25) is 5.82 Å². The van der Waals surface area contributed by atoms with Crippen LogP contribution < -0.4 is 5.32 Å². The fourth-order valence-electron chi connectivity index (χ4n) is 1.02. The standard InChI is InChI=1S/C8H14N4O/c1-4-6-10-7(12(3)11-6)8(13)9-5-2/h4-5H2,1-3H3,(H,9,13). The van der Waals surface area contributed by atoms with E-state index in [1.54, 1.807) is 7.05 Å². The molecule has 0 spiro atoms. The van der Waals surface area contributed by atoms with E-state index in [2.05, 4.69) is 15.4 Å². The number of hydrogen-bond donors (Lipinski definition) is 1. The molecule has 0 aliphatic rings. The van der Waals surface area contributed by atoms with E-state index < -0.39 is 0 Å². The predicted octanol–water partition coefficient (Wildman–Crippen LogP) is 0.127. The molecule has 1 amide bonds. The monoisotopic (exact) mass is 182 g/mol. The van der Waals surface area contributed by atoms with Crippen LogP contribution in [-0.4, -0.2) is 27.2 Å². The first kappa shape index (κ1) is 9.70. The van der Waals surface area contributed by atoms with Crippen LogP contribution in [-0.2, 0) is 13.5 Å². The quantitative estimate of drug-likeness (QED) is 0.722. The van der Waals surface area contributed by atoms with Gasteiger partial charge in [0.05, 0.1) is 0 Å². The van der Waals surface area contributed by atoms with Gasteiger partial charge in [0.15, 0.2) is 5.82 Å². The van der Waals surface area contributed by atoms with Gasteiger partial charge >= 0.3 is 0 Å². The molecule has 5 nitrogen and oxygen atoms in total. The topological polar surface area (TPSA) is 59.8 Å². The number of rotatable bonds is 3. The van der Waals surface area contributed by atoms with E-state index in [-0.39, 0.29) is 5.91 Å². The molecule has 0 aliphatic carbocycles. The van der Waals surface area contributed by atoms with Crippen LogP contribution in [0.5, 0.6) is 0 Å². The van der Waals surface area contributed by atoms with E-state index in [4.69, 9.17) is 0 Å². The number of carbonyl (C=O) groups is 1. The summed E-state index contributed by atoms with van der Waals surface area (Å²) in [5.74, 6) is 0.902. The number of nitrogens with zero attached hydrogens (tertiary/aromatic N) is 3. The summed E-state index contributed by atoms with van der Waals surface area (Å²) in [5.41, 5.74) is 0. The fourth-order valence-corrected chi connectivity index (χ4v) is 1.02. The van der Waals surface area contributed by atoms with Crippen LogP contribution in [0.25, 0.3) is 0 Å². The smallest absolute Gasteiger partial charge is 0.288 e. The highest BCUT2D eigenvalue weighted by Crippen LogP contribution is 1.96. The van der Waals surface area contributed by atoms with Crippen LogP contribution in [0.3, 0.4) is 0 Å². The van der Waals surface area contributed by atoms with Gasteiger partial charge in [0, 0.05) is 20.0 Å². The van der Waals surface area contributed by atoms with E-state index in [0.29, 0.717) is 18.2 Å². The van der Waals surface area contributed by atoms with Gasteiger partial charge in [0.1, 0.15) is 0 Å². The lowest BCUT2D eigenvalue weighted by molar-refractivity contribution is 0.0941. The third kappa shape index (κ3) is 2.05. The SMILES string of the molecule is CCNC(=O)c1nc(CC)nn1C. The van der Waals surface area contributed by atoms with Crippen LogP contribution in [0.2, 0.25) is 0 Å². The maximum absolute atomic E-state index is 11.4. The van der Waals surface area contributed by atoms with Crippen LogP contribution in [0.4, 0.5) is 0 Å². The van der Waals surface area contributed by atoms with Gasteiger partial charge in [-0.1, -0.05) is 6.92 Å². The van der Waals surface area contributed by atoms with Crippen molar-refractivity contribution in [1.82, 2.24) is 20.1 Å². The Morgan fingerprint density at radius 3 is 2.69 bits per heavy atom. The first-order valence-corrected chi connectivity index (χ1v) is 4.37. The van der Waals surface area contributed by atoms with Crippen molar-refractivity contribution in [2.24, 2.45) is 7.05 Å². The summed E-state index contributed by atoms with van der Waals surface area (Å²) in [5, 5.41) is 6.75. The van der Waals surface area contributed by atoms with Crippen LogP contribution in [0.15, 0.2) is 0 Å². The maximum atomic E-state index is 11.4. The predicted molar refractivity (Wildman–Crippen MR) is 48.4 cm³/mol. The first-order valence-electron chi connectivity index (χ1n) is 4.37.